The van der Waals surface area contributed by atoms with Crippen molar-refractivity contribution in [3.05, 3.63) is 0 Å². The van der Waals surface area contributed by atoms with Gasteiger partial charge in [-0.3, -0.25) is 0 Å². The fraction of sp³-hybridized carbons (Fsp3) is 1.00. The summed E-state index contributed by atoms with van der Waals surface area (Å²) in [5.41, 5.74) is 6.89. The average molecular weight is 254 g/mol. The highest BCUT2D eigenvalue weighted by Gasteiger charge is 2.38. The zero-order valence-corrected chi connectivity index (χ0v) is 12.0. The van der Waals surface area contributed by atoms with E-state index in [1.54, 1.807) is 7.11 Å². The number of nitrogens with two attached hydrogens (primary N) is 1. The molecule has 0 aromatic heterocycles. The van der Waals surface area contributed by atoms with Gasteiger partial charge in [0.2, 0.25) is 0 Å². The molecule has 2 rings (SSSR count). The molecule has 1 saturated heterocycles. The first kappa shape index (κ1) is 14.3. The SMILES string of the molecule is COCCCC(N)CN1CCC2(CCCCC2)C1. The number of ether oxygens (including phenoxy) is 1. The minimum absolute atomic E-state index is 0.332. The summed E-state index contributed by atoms with van der Waals surface area (Å²) in [6.07, 6.45) is 10.9. The Morgan fingerprint density at radius 2 is 2.00 bits per heavy atom. The third-order valence-corrected chi connectivity index (χ3v) is 4.85. The molecule has 0 bridgehead atoms. The molecule has 0 amide bonds. The van der Waals surface area contributed by atoms with Crippen LogP contribution in [0.25, 0.3) is 0 Å². The Balaban J connectivity index is 1.68. The molecule has 106 valence electrons. The van der Waals surface area contributed by atoms with Gasteiger partial charge in [-0.05, 0) is 44.1 Å². The Hall–Kier alpha value is -0.120. The van der Waals surface area contributed by atoms with Crippen LogP contribution in [0.1, 0.15) is 51.4 Å². The standard InChI is InChI=1S/C15H30N2O/c1-18-11-5-6-14(16)12-17-10-9-15(13-17)7-3-2-4-8-15/h14H,2-13,16H2,1H3. The van der Waals surface area contributed by atoms with E-state index in [4.69, 9.17) is 10.5 Å². The molecule has 3 heteroatoms. The van der Waals surface area contributed by atoms with Gasteiger partial charge in [-0.2, -0.15) is 0 Å². The minimum Gasteiger partial charge on any atom is -0.385 e. The minimum atomic E-state index is 0.332. The van der Waals surface area contributed by atoms with E-state index in [0.717, 1.165) is 26.0 Å². The first-order chi connectivity index (χ1) is 8.74. The Kier molecular flexibility index (Phi) is 5.46. The molecule has 2 fully saturated rings. The van der Waals surface area contributed by atoms with Crippen LogP contribution < -0.4 is 5.73 Å². The zero-order valence-electron chi connectivity index (χ0n) is 12.0. The van der Waals surface area contributed by atoms with E-state index in [2.05, 4.69) is 4.90 Å². The number of methoxy groups -OCH3 is 1. The van der Waals surface area contributed by atoms with Gasteiger partial charge < -0.3 is 15.4 Å². The lowest BCUT2D eigenvalue weighted by molar-refractivity contribution is 0.174. The molecule has 2 aliphatic rings. The molecule has 1 saturated carbocycles. The smallest absolute Gasteiger partial charge is 0.0462 e. The first-order valence-electron chi connectivity index (χ1n) is 7.71. The van der Waals surface area contributed by atoms with Crippen molar-refractivity contribution in [2.45, 2.75) is 57.4 Å². The number of hydrogen-bond acceptors (Lipinski definition) is 3. The maximum absolute atomic E-state index is 6.22. The van der Waals surface area contributed by atoms with Crippen LogP contribution in [0, 0.1) is 5.41 Å². The van der Waals surface area contributed by atoms with Crippen molar-refractivity contribution in [1.82, 2.24) is 4.90 Å². The topological polar surface area (TPSA) is 38.5 Å². The van der Waals surface area contributed by atoms with Crippen LogP contribution in [-0.2, 0) is 4.74 Å². The van der Waals surface area contributed by atoms with E-state index in [1.165, 1.54) is 51.6 Å². The highest BCUT2D eigenvalue weighted by molar-refractivity contribution is 4.92. The van der Waals surface area contributed by atoms with E-state index < -0.39 is 0 Å². The Morgan fingerprint density at radius 3 is 2.72 bits per heavy atom. The quantitative estimate of drug-likeness (QED) is 0.740. The van der Waals surface area contributed by atoms with Gasteiger partial charge in [0.05, 0.1) is 0 Å². The Bertz CT molecular complexity index is 239. The molecular formula is C15H30N2O. The molecule has 1 unspecified atom stereocenters. The second-order valence-corrected chi connectivity index (χ2v) is 6.44. The van der Waals surface area contributed by atoms with Crippen LogP contribution in [0.4, 0.5) is 0 Å². The highest BCUT2D eigenvalue weighted by atomic mass is 16.5. The summed E-state index contributed by atoms with van der Waals surface area (Å²) in [6.45, 7) is 4.52. The van der Waals surface area contributed by atoms with Gasteiger partial charge >= 0.3 is 0 Å². The molecule has 1 spiro atoms. The van der Waals surface area contributed by atoms with E-state index in [1.807, 2.05) is 0 Å². The number of hydrogen-bond donors (Lipinski definition) is 1. The van der Waals surface area contributed by atoms with Crippen molar-refractivity contribution in [3.8, 4) is 0 Å². The van der Waals surface area contributed by atoms with Crippen molar-refractivity contribution in [1.29, 1.82) is 0 Å². The summed E-state index contributed by atoms with van der Waals surface area (Å²) >= 11 is 0. The summed E-state index contributed by atoms with van der Waals surface area (Å²) in [5.74, 6) is 0. The normalized spacial score (nSPS) is 25.7. The maximum Gasteiger partial charge on any atom is 0.0462 e. The van der Waals surface area contributed by atoms with E-state index in [-0.39, 0.29) is 0 Å². The van der Waals surface area contributed by atoms with Crippen LogP contribution >= 0.6 is 0 Å². The van der Waals surface area contributed by atoms with Gasteiger partial charge in [0.25, 0.3) is 0 Å². The van der Waals surface area contributed by atoms with Crippen molar-refractivity contribution >= 4 is 0 Å². The highest BCUT2D eigenvalue weighted by Crippen LogP contribution is 2.43. The van der Waals surface area contributed by atoms with E-state index >= 15 is 0 Å². The summed E-state index contributed by atoms with van der Waals surface area (Å²) in [7, 11) is 1.76. The molecule has 18 heavy (non-hydrogen) atoms. The van der Waals surface area contributed by atoms with Crippen LogP contribution in [0.2, 0.25) is 0 Å². The molecule has 0 aromatic rings. The lowest BCUT2D eigenvalue weighted by atomic mass is 9.73. The summed E-state index contributed by atoms with van der Waals surface area (Å²) < 4.78 is 5.08. The summed E-state index contributed by atoms with van der Waals surface area (Å²) in [4.78, 5) is 2.61. The molecule has 2 N–H and O–H groups in total. The van der Waals surface area contributed by atoms with Gasteiger partial charge in [-0.1, -0.05) is 19.3 Å². The fourth-order valence-corrected chi connectivity index (χ4v) is 3.81. The van der Waals surface area contributed by atoms with Crippen molar-refractivity contribution in [2.24, 2.45) is 11.1 Å². The lowest BCUT2D eigenvalue weighted by Crippen LogP contribution is -2.38. The third kappa shape index (κ3) is 3.94. The van der Waals surface area contributed by atoms with Crippen LogP contribution in [-0.4, -0.2) is 44.3 Å². The summed E-state index contributed by atoms with van der Waals surface area (Å²) in [5, 5.41) is 0. The van der Waals surface area contributed by atoms with E-state index in [9.17, 15) is 0 Å². The van der Waals surface area contributed by atoms with Gasteiger partial charge in [-0.25, -0.2) is 0 Å². The van der Waals surface area contributed by atoms with Crippen LogP contribution in [0.5, 0.6) is 0 Å². The lowest BCUT2D eigenvalue weighted by Gasteiger charge is -2.33. The monoisotopic (exact) mass is 254 g/mol. The molecule has 1 aliphatic heterocycles. The molecular weight excluding hydrogens is 224 g/mol. The Labute approximate surface area is 112 Å². The first-order valence-corrected chi connectivity index (χ1v) is 7.71. The van der Waals surface area contributed by atoms with E-state index in [0.29, 0.717) is 11.5 Å². The molecule has 3 nitrogen and oxygen atoms in total. The van der Waals surface area contributed by atoms with Crippen molar-refractivity contribution in [3.63, 3.8) is 0 Å². The molecule has 1 aliphatic carbocycles. The summed E-state index contributed by atoms with van der Waals surface area (Å²) in [6, 6.07) is 0.332. The number of likely N-dealkylation sites (tertiary alicyclic amines) is 1. The number of nitrogens with zero attached hydrogens (tertiary/aromatic N) is 1. The zero-order chi connectivity index (χ0) is 12.8. The van der Waals surface area contributed by atoms with Crippen molar-refractivity contribution in [2.75, 3.05) is 33.4 Å². The van der Waals surface area contributed by atoms with Crippen LogP contribution in [0.3, 0.4) is 0 Å². The fourth-order valence-electron chi connectivity index (χ4n) is 3.81. The maximum atomic E-state index is 6.22. The average Bonchev–Trinajstić information content (AvgIpc) is 2.73. The molecule has 1 atom stereocenters. The number of rotatable bonds is 6. The molecule has 0 aromatic carbocycles. The Morgan fingerprint density at radius 1 is 1.22 bits per heavy atom. The molecule has 1 heterocycles. The predicted octanol–water partition coefficient (Wildman–Crippen LogP) is 2.40. The third-order valence-electron chi connectivity index (χ3n) is 4.85. The van der Waals surface area contributed by atoms with Gasteiger partial charge in [-0.15, -0.1) is 0 Å². The molecule has 0 radical (unpaired) electrons. The predicted molar refractivity (Wildman–Crippen MR) is 75.7 cm³/mol. The second-order valence-electron chi connectivity index (χ2n) is 6.44. The van der Waals surface area contributed by atoms with Gasteiger partial charge in [0, 0.05) is 32.8 Å². The van der Waals surface area contributed by atoms with Crippen molar-refractivity contribution < 1.29 is 4.74 Å². The van der Waals surface area contributed by atoms with Crippen LogP contribution in [0.15, 0.2) is 0 Å². The largest absolute Gasteiger partial charge is 0.385 e. The van der Waals surface area contributed by atoms with Gasteiger partial charge in [0.1, 0.15) is 0 Å². The second kappa shape index (κ2) is 6.88. The van der Waals surface area contributed by atoms with Gasteiger partial charge in [0.15, 0.2) is 0 Å².